The third-order valence-electron chi connectivity index (χ3n) is 1.93. The highest BCUT2D eigenvalue weighted by atomic mass is 16.5. The number of carboxylic acid groups (broad SMARTS) is 1. The molecule has 0 bridgehead atoms. The molecular formula is C11H21N3O5. The van der Waals surface area contributed by atoms with Crippen molar-refractivity contribution in [1.29, 1.82) is 0 Å². The molecule has 0 atom stereocenters. The number of carbonyl (C=O) groups is 3. The Bertz CT molecular complexity index is 319. The van der Waals surface area contributed by atoms with Crippen molar-refractivity contribution in [2.45, 2.75) is 19.9 Å². The summed E-state index contributed by atoms with van der Waals surface area (Å²) in [6, 6.07) is -0.397. The molecule has 0 aromatic heterocycles. The standard InChI is InChI=1S/C11H21N3O5/c1-8(2)13-9(15)6-14(3)11(18)12-4-5-19-7-10(16)17/h8H,4-7H2,1-3H3,(H,12,18)(H,13,15)(H,16,17). The summed E-state index contributed by atoms with van der Waals surface area (Å²) in [7, 11) is 1.49. The maximum absolute atomic E-state index is 11.5. The van der Waals surface area contributed by atoms with Crippen LogP contribution in [0.5, 0.6) is 0 Å². The maximum Gasteiger partial charge on any atom is 0.329 e. The van der Waals surface area contributed by atoms with E-state index in [1.807, 2.05) is 13.8 Å². The van der Waals surface area contributed by atoms with Crippen LogP contribution in [0.4, 0.5) is 4.79 Å². The van der Waals surface area contributed by atoms with Crippen LogP contribution in [0.3, 0.4) is 0 Å². The first kappa shape index (κ1) is 17.2. The molecule has 0 aliphatic carbocycles. The number of carboxylic acids is 1. The zero-order valence-electron chi connectivity index (χ0n) is 11.4. The van der Waals surface area contributed by atoms with Crippen LogP contribution < -0.4 is 10.6 Å². The molecule has 0 fully saturated rings. The first-order valence-electron chi connectivity index (χ1n) is 5.90. The van der Waals surface area contributed by atoms with Gasteiger partial charge in [-0.05, 0) is 13.8 Å². The summed E-state index contributed by atoms with van der Waals surface area (Å²) in [5.74, 6) is -1.30. The Labute approximate surface area is 112 Å². The minimum absolute atomic E-state index is 0.0216. The van der Waals surface area contributed by atoms with Crippen molar-refractivity contribution in [3.05, 3.63) is 0 Å². The molecule has 0 aromatic carbocycles. The van der Waals surface area contributed by atoms with Gasteiger partial charge in [0.05, 0.1) is 6.61 Å². The first-order valence-corrected chi connectivity index (χ1v) is 5.90. The van der Waals surface area contributed by atoms with Crippen molar-refractivity contribution in [3.8, 4) is 0 Å². The molecule has 0 radical (unpaired) electrons. The number of hydrogen-bond donors (Lipinski definition) is 3. The number of nitrogens with one attached hydrogen (secondary N) is 2. The van der Waals surface area contributed by atoms with Gasteiger partial charge in [-0.3, -0.25) is 4.79 Å². The van der Waals surface area contributed by atoms with Crippen LogP contribution in [0.2, 0.25) is 0 Å². The van der Waals surface area contributed by atoms with Gasteiger partial charge in [0.2, 0.25) is 5.91 Å². The summed E-state index contributed by atoms with van der Waals surface area (Å²) in [6.07, 6.45) is 0. The number of urea groups is 1. The molecule has 3 amide bonds. The van der Waals surface area contributed by atoms with Crippen LogP contribution in [0, 0.1) is 0 Å². The molecule has 3 N–H and O–H groups in total. The molecule has 8 heteroatoms. The van der Waals surface area contributed by atoms with E-state index < -0.39 is 18.6 Å². The summed E-state index contributed by atoms with van der Waals surface area (Å²) < 4.78 is 4.75. The fraction of sp³-hybridized carbons (Fsp3) is 0.727. The normalized spacial score (nSPS) is 10.1. The number of likely N-dealkylation sites (N-methyl/N-ethyl adjacent to an activating group) is 1. The van der Waals surface area contributed by atoms with Crippen LogP contribution in [0.1, 0.15) is 13.8 Å². The van der Waals surface area contributed by atoms with Gasteiger partial charge in [0.25, 0.3) is 0 Å². The van der Waals surface area contributed by atoms with Gasteiger partial charge < -0.3 is 25.4 Å². The molecule has 0 aromatic rings. The molecule has 0 saturated heterocycles. The molecule has 19 heavy (non-hydrogen) atoms. The second-order valence-corrected chi connectivity index (χ2v) is 4.26. The third-order valence-corrected chi connectivity index (χ3v) is 1.93. The number of ether oxygens (including phenoxy) is 1. The Morgan fingerprint density at radius 1 is 1.32 bits per heavy atom. The number of amides is 3. The zero-order valence-corrected chi connectivity index (χ0v) is 11.4. The lowest BCUT2D eigenvalue weighted by atomic mass is 10.4. The molecule has 0 saturated carbocycles. The zero-order chi connectivity index (χ0) is 14.8. The summed E-state index contributed by atoms with van der Waals surface area (Å²) >= 11 is 0. The van der Waals surface area contributed by atoms with Crippen molar-refractivity contribution in [3.63, 3.8) is 0 Å². The number of carbonyl (C=O) groups excluding carboxylic acids is 2. The monoisotopic (exact) mass is 275 g/mol. The van der Waals surface area contributed by atoms with E-state index in [9.17, 15) is 14.4 Å². The topological polar surface area (TPSA) is 108 Å². The first-order chi connectivity index (χ1) is 8.82. The van der Waals surface area contributed by atoms with E-state index in [4.69, 9.17) is 9.84 Å². The van der Waals surface area contributed by atoms with Crippen molar-refractivity contribution in [2.24, 2.45) is 0 Å². The maximum atomic E-state index is 11.5. The molecule has 110 valence electrons. The third kappa shape index (κ3) is 9.83. The average Bonchev–Trinajstić information content (AvgIpc) is 2.26. The van der Waals surface area contributed by atoms with E-state index >= 15 is 0 Å². The summed E-state index contributed by atoms with van der Waals surface area (Å²) in [5, 5.41) is 13.5. The van der Waals surface area contributed by atoms with E-state index in [1.54, 1.807) is 0 Å². The van der Waals surface area contributed by atoms with Gasteiger partial charge in [-0.2, -0.15) is 0 Å². The summed E-state index contributed by atoms with van der Waals surface area (Å²) in [5.41, 5.74) is 0. The number of nitrogens with zero attached hydrogens (tertiary/aromatic N) is 1. The van der Waals surface area contributed by atoms with Gasteiger partial charge in [-0.25, -0.2) is 9.59 Å². The largest absolute Gasteiger partial charge is 0.480 e. The number of aliphatic carboxylic acids is 1. The quantitative estimate of drug-likeness (QED) is 0.505. The number of rotatable bonds is 8. The smallest absolute Gasteiger partial charge is 0.329 e. The second kappa shape index (κ2) is 9.15. The van der Waals surface area contributed by atoms with Crippen molar-refractivity contribution < 1.29 is 24.2 Å². The molecular weight excluding hydrogens is 254 g/mol. The van der Waals surface area contributed by atoms with Crippen molar-refractivity contribution in [1.82, 2.24) is 15.5 Å². The van der Waals surface area contributed by atoms with Crippen LogP contribution in [-0.4, -0.2) is 67.3 Å². The second-order valence-electron chi connectivity index (χ2n) is 4.26. The van der Waals surface area contributed by atoms with Gasteiger partial charge in [0, 0.05) is 19.6 Å². The predicted octanol–water partition coefficient (Wildman–Crippen LogP) is -0.746. The van der Waals surface area contributed by atoms with E-state index in [-0.39, 0.29) is 31.6 Å². The lowest BCUT2D eigenvalue weighted by molar-refractivity contribution is -0.142. The van der Waals surface area contributed by atoms with Gasteiger partial charge in [-0.15, -0.1) is 0 Å². The molecule has 0 unspecified atom stereocenters. The van der Waals surface area contributed by atoms with E-state index in [0.717, 1.165) is 0 Å². The Hall–Kier alpha value is -1.83. The van der Waals surface area contributed by atoms with E-state index in [0.29, 0.717) is 0 Å². The van der Waals surface area contributed by atoms with Crippen molar-refractivity contribution in [2.75, 3.05) is 33.4 Å². The lowest BCUT2D eigenvalue weighted by Crippen LogP contribution is -2.45. The Kier molecular flexibility index (Phi) is 8.27. The summed E-state index contributed by atoms with van der Waals surface area (Å²) in [6.45, 7) is 3.50. The van der Waals surface area contributed by atoms with E-state index in [1.165, 1.54) is 11.9 Å². The summed E-state index contributed by atoms with van der Waals surface area (Å²) in [4.78, 5) is 34.3. The lowest BCUT2D eigenvalue weighted by Gasteiger charge is -2.18. The Morgan fingerprint density at radius 3 is 2.47 bits per heavy atom. The Morgan fingerprint density at radius 2 is 1.95 bits per heavy atom. The molecule has 0 rings (SSSR count). The Balaban J connectivity index is 3.75. The molecule has 0 aliphatic rings. The minimum Gasteiger partial charge on any atom is -0.480 e. The highest BCUT2D eigenvalue weighted by Crippen LogP contribution is 1.86. The molecule has 0 heterocycles. The SMILES string of the molecule is CC(C)NC(=O)CN(C)C(=O)NCCOCC(=O)O. The molecule has 0 aliphatic heterocycles. The number of hydrogen-bond acceptors (Lipinski definition) is 4. The highest BCUT2D eigenvalue weighted by molar-refractivity contribution is 5.83. The molecule has 8 nitrogen and oxygen atoms in total. The van der Waals surface area contributed by atoms with Crippen molar-refractivity contribution >= 4 is 17.9 Å². The van der Waals surface area contributed by atoms with E-state index in [2.05, 4.69) is 10.6 Å². The predicted molar refractivity (Wildman–Crippen MR) is 67.8 cm³/mol. The molecule has 0 spiro atoms. The highest BCUT2D eigenvalue weighted by Gasteiger charge is 2.12. The van der Waals surface area contributed by atoms with Gasteiger partial charge in [0.15, 0.2) is 0 Å². The average molecular weight is 275 g/mol. The van der Waals surface area contributed by atoms with Crippen LogP contribution in [-0.2, 0) is 14.3 Å². The van der Waals surface area contributed by atoms with Crippen LogP contribution in [0.15, 0.2) is 0 Å². The minimum atomic E-state index is -1.06. The van der Waals surface area contributed by atoms with Gasteiger partial charge in [0.1, 0.15) is 13.2 Å². The van der Waals surface area contributed by atoms with Gasteiger partial charge in [-0.1, -0.05) is 0 Å². The van der Waals surface area contributed by atoms with Gasteiger partial charge >= 0.3 is 12.0 Å². The fourth-order valence-corrected chi connectivity index (χ4v) is 1.18. The van der Waals surface area contributed by atoms with Crippen LogP contribution >= 0.6 is 0 Å². The van der Waals surface area contributed by atoms with Crippen LogP contribution in [0.25, 0.3) is 0 Å². The fourth-order valence-electron chi connectivity index (χ4n) is 1.18.